The first-order valence-electron chi connectivity index (χ1n) is 4.11. The number of amides is 1. The number of carboxylic acids is 1. The van der Waals surface area contributed by atoms with Crippen molar-refractivity contribution in [2.75, 3.05) is 6.54 Å². The van der Waals surface area contributed by atoms with Crippen LogP contribution in [0.1, 0.15) is 6.42 Å². The number of hydrogen-bond donors (Lipinski definition) is 1. The Kier molecular flexibility index (Phi) is 3.01. The van der Waals surface area contributed by atoms with E-state index in [-0.39, 0.29) is 13.0 Å². The van der Waals surface area contributed by atoms with Crippen molar-refractivity contribution < 1.29 is 27.9 Å². The Hall–Kier alpha value is -1.53. The Morgan fingerprint density at radius 3 is 2.47 bits per heavy atom. The van der Waals surface area contributed by atoms with E-state index in [0.717, 1.165) is 6.08 Å². The molecule has 4 nitrogen and oxygen atoms in total. The normalized spacial score (nSPS) is 21.5. The zero-order valence-corrected chi connectivity index (χ0v) is 7.49. The smallest absolute Gasteiger partial charge is 0.471 e. The maximum absolute atomic E-state index is 12.1. The fraction of sp³-hybridized carbons (Fsp3) is 0.500. The highest BCUT2D eigenvalue weighted by Gasteiger charge is 2.45. The molecule has 84 valence electrons. The van der Waals surface area contributed by atoms with Crippen LogP contribution >= 0.6 is 0 Å². The van der Waals surface area contributed by atoms with Crippen molar-refractivity contribution in [1.82, 2.24) is 4.90 Å². The largest absolute Gasteiger partial charge is 0.479 e. The molecule has 1 aliphatic heterocycles. The molecule has 1 heterocycles. The first-order valence-corrected chi connectivity index (χ1v) is 4.11. The summed E-state index contributed by atoms with van der Waals surface area (Å²) in [5.74, 6) is -3.58. The molecule has 0 bridgehead atoms. The van der Waals surface area contributed by atoms with Gasteiger partial charge in [-0.25, -0.2) is 4.79 Å². The maximum Gasteiger partial charge on any atom is 0.471 e. The van der Waals surface area contributed by atoms with E-state index in [1.807, 2.05) is 0 Å². The summed E-state index contributed by atoms with van der Waals surface area (Å²) in [6.07, 6.45) is -2.28. The van der Waals surface area contributed by atoms with E-state index in [0.29, 0.717) is 4.90 Å². The van der Waals surface area contributed by atoms with Crippen molar-refractivity contribution in [3.63, 3.8) is 0 Å². The highest BCUT2D eigenvalue weighted by Crippen LogP contribution is 2.22. The molecule has 0 aromatic rings. The third kappa shape index (κ3) is 2.48. The molecule has 1 atom stereocenters. The van der Waals surface area contributed by atoms with Gasteiger partial charge in [-0.1, -0.05) is 12.2 Å². The molecule has 0 radical (unpaired) electrons. The summed E-state index contributed by atoms with van der Waals surface area (Å²) in [6.45, 7) is -0.230. The Morgan fingerprint density at radius 2 is 2.00 bits per heavy atom. The number of aliphatic carboxylic acids is 1. The van der Waals surface area contributed by atoms with Crippen molar-refractivity contribution in [3.8, 4) is 0 Å². The molecule has 1 amide bonds. The summed E-state index contributed by atoms with van der Waals surface area (Å²) < 4.78 is 36.2. The zero-order valence-electron chi connectivity index (χ0n) is 7.49. The lowest BCUT2D eigenvalue weighted by Gasteiger charge is -2.29. The van der Waals surface area contributed by atoms with Crippen molar-refractivity contribution >= 4 is 11.9 Å². The summed E-state index contributed by atoms with van der Waals surface area (Å²) in [7, 11) is 0. The van der Waals surface area contributed by atoms with Crippen molar-refractivity contribution in [2.24, 2.45) is 0 Å². The zero-order chi connectivity index (χ0) is 11.6. The lowest BCUT2D eigenvalue weighted by Crippen LogP contribution is -2.51. The van der Waals surface area contributed by atoms with Crippen LogP contribution in [0.25, 0.3) is 0 Å². The molecule has 1 N–H and O–H groups in total. The van der Waals surface area contributed by atoms with Gasteiger partial charge < -0.3 is 10.0 Å². The summed E-state index contributed by atoms with van der Waals surface area (Å²) in [6, 6.07) is -1.52. The molecule has 7 heteroatoms. The lowest BCUT2D eigenvalue weighted by atomic mass is 10.1. The van der Waals surface area contributed by atoms with Crippen LogP contribution in [-0.2, 0) is 9.59 Å². The van der Waals surface area contributed by atoms with Gasteiger partial charge in [-0.05, 0) is 6.42 Å². The van der Waals surface area contributed by atoms with Gasteiger partial charge in [-0.15, -0.1) is 0 Å². The second-order valence-corrected chi connectivity index (χ2v) is 3.00. The number of carbonyl (C=O) groups is 2. The van der Waals surface area contributed by atoms with Crippen LogP contribution in [0.15, 0.2) is 12.2 Å². The van der Waals surface area contributed by atoms with E-state index < -0.39 is 24.1 Å². The van der Waals surface area contributed by atoms with Gasteiger partial charge in [0.05, 0.1) is 0 Å². The summed E-state index contributed by atoms with van der Waals surface area (Å²) in [4.78, 5) is 21.7. The Bertz CT molecular complexity index is 311. The van der Waals surface area contributed by atoms with Gasteiger partial charge in [0.25, 0.3) is 0 Å². The molecule has 0 saturated carbocycles. The van der Waals surface area contributed by atoms with Gasteiger partial charge in [0.1, 0.15) is 6.04 Å². The Balaban J connectivity index is 2.89. The molecule has 15 heavy (non-hydrogen) atoms. The van der Waals surface area contributed by atoms with E-state index in [4.69, 9.17) is 5.11 Å². The summed E-state index contributed by atoms with van der Waals surface area (Å²) in [5.41, 5.74) is 0. The number of rotatable bonds is 1. The molecule has 1 aliphatic rings. The van der Waals surface area contributed by atoms with Crippen LogP contribution in [0.2, 0.25) is 0 Å². The molecular weight excluding hydrogens is 215 g/mol. The topological polar surface area (TPSA) is 57.6 Å². The minimum Gasteiger partial charge on any atom is -0.479 e. The van der Waals surface area contributed by atoms with Gasteiger partial charge >= 0.3 is 18.1 Å². The minimum absolute atomic E-state index is 0.228. The number of hydrogen-bond acceptors (Lipinski definition) is 2. The summed E-state index contributed by atoms with van der Waals surface area (Å²) in [5, 5.41) is 8.61. The average molecular weight is 223 g/mol. The van der Waals surface area contributed by atoms with Crippen LogP contribution in [0.5, 0.6) is 0 Å². The van der Waals surface area contributed by atoms with Crippen molar-refractivity contribution in [3.05, 3.63) is 12.2 Å². The monoisotopic (exact) mass is 223 g/mol. The molecule has 0 spiro atoms. The second-order valence-electron chi connectivity index (χ2n) is 3.00. The molecule has 1 rings (SSSR count). The number of carbonyl (C=O) groups excluding carboxylic acids is 1. The molecule has 0 aliphatic carbocycles. The van der Waals surface area contributed by atoms with Crippen LogP contribution in [0, 0.1) is 0 Å². The van der Waals surface area contributed by atoms with Gasteiger partial charge in [0, 0.05) is 6.54 Å². The van der Waals surface area contributed by atoms with Crippen LogP contribution in [0.4, 0.5) is 13.2 Å². The first-order chi connectivity index (χ1) is 6.84. The van der Waals surface area contributed by atoms with E-state index in [1.54, 1.807) is 0 Å². The molecule has 0 fully saturated rings. The van der Waals surface area contributed by atoms with Gasteiger partial charge in [-0.3, -0.25) is 4.79 Å². The third-order valence-electron chi connectivity index (χ3n) is 1.95. The lowest BCUT2D eigenvalue weighted by molar-refractivity contribution is -0.188. The second kappa shape index (κ2) is 3.92. The summed E-state index contributed by atoms with van der Waals surface area (Å²) >= 11 is 0. The molecular formula is C8H8F3NO3. The van der Waals surface area contributed by atoms with Crippen LogP contribution < -0.4 is 0 Å². The standard InChI is InChI=1S/C8H8F3NO3/c9-8(10,11)7(15)12-4-2-1-3-5(12)6(13)14/h1,3,5H,2,4H2,(H,13,14). The number of alkyl halides is 3. The number of halogens is 3. The van der Waals surface area contributed by atoms with E-state index >= 15 is 0 Å². The van der Waals surface area contributed by atoms with Gasteiger partial charge in [0.15, 0.2) is 0 Å². The van der Waals surface area contributed by atoms with Crippen LogP contribution in [-0.4, -0.2) is 40.6 Å². The number of nitrogens with zero attached hydrogens (tertiary/aromatic N) is 1. The van der Waals surface area contributed by atoms with E-state index in [1.165, 1.54) is 6.08 Å². The first kappa shape index (κ1) is 11.5. The van der Waals surface area contributed by atoms with Crippen molar-refractivity contribution in [2.45, 2.75) is 18.6 Å². The SMILES string of the molecule is O=C(O)C1C=CCCN1C(=O)C(F)(F)F. The van der Waals surface area contributed by atoms with E-state index in [9.17, 15) is 22.8 Å². The fourth-order valence-electron chi connectivity index (χ4n) is 1.29. The van der Waals surface area contributed by atoms with Crippen molar-refractivity contribution in [1.29, 1.82) is 0 Å². The molecule has 1 unspecified atom stereocenters. The molecule has 0 saturated heterocycles. The molecule has 0 aromatic carbocycles. The third-order valence-corrected chi connectivity index (χ3v) is 1.95. The number of carboxylic acid groups (broad SMARTS) is 1. The fourth-order valence-corrected chi connectivity index (χ4v) is 1.29. The maximum atomic E-state index is 12.1. The quantitative estimate of drug-likeness (QED) is 0.668. The predicted molar refractivity (Wildman–Crippen MR) is 42.9 cm³/mol. The highest BCUT2D eigenvalue weighted by molar-refractivity contribution is 5.88. The predicted octanol–water partition coefficient (Wildman–Crippen LogP) is 0.790. The van der Waals surface area contributed by atoms with Crippen LogP contribution in [0.3, 0.4) is 0 Å². The average Bonchev–Trinajstić information content (AvgIpc) is 2.15. The highest BCUT2D eigenvalue weighted by atomic mass is 19.4. The van der Waals surface area contributed by atoms with Gasteiger partial charge in [0.2, 0.25) is 0 Å². The molecule has 0 aromatic heterocycles. The minimum atomic E-state index is -5.03. The Labute approximate surface area is 83.0 Å². The Morgan fingerprint density at radius 1 is 1.40 bits per heavy atom. The van der Waals surface area contributed by atoms with E-state index in [2.05, 4.69) is 0 Å². The van der Waals surface area contributed by atoms with Gasteiger partial charge in [-0.2, -0.15) is 13.2 Å².